The Balaban J connectivity index is 1.93. The molecule has 3 rings (SSSR count). The van der Waals surface area contributed by atoms with E-state index in [-0.39, 0.29) is 41.0 Å². The molecular formula is C21H21F4N3O6S. The number of amides is 2. The average molecular weight is 519 g/mol. The van der Waals surface area contributed by atoms with E-state index >= 15 is 0 Å². The van der Waals surface area contributed by atoms with Crippen molar-refractivity contribution in [1.82, 2.24) is 5.32 Å². The molecule has 1 unspecified atom stereocenters. The van der Waals surface area contributed by atoms with E-state index in [1.54, 1.807) is 0 Å². The van der Waals surface area contributed by atoms with Crippen molar-refractivity contribution in [3.63, 3.8) is 0 Å². The molecule has 2 atom stereocenters. The molecule has 0 aromatic heterocycles. The Labute approximate surface area is 198 Å². The van der Waals surface area contributed by atoms with Crippen molar-refractivity contribution >= 4 is 33.4 Å². The van der Waals surface area contributed by atoms with Gasteiger partial charge in [0.2, 0.25) is 5.91 Å². The zero-order valence-corrected chi connectivity index (χ0v) is 19.2. The zero-order valence-electron chi connectivity index (χ0n) is 18.4. The van der Waals surface area contributed by atoms with Crippen molar-refractivity contribution in [2.45, 2.75) is 37.1 Å². The molecule has 190 valence electrons. The van der Waals surface area contributed by atoms with Crippen LogP contribution in [0.4, 0.5) is 33.7 Å². The summed E-state index contributed by atoms with van der Waals surface area (Å²) in [5.74, 6) is -0.939. The van der Waals surface area contributed by atoms with E-state index in [0.29, 0.717) is 6.92 Å². The first-order valence-electron chi connectivity index (χ1n) is 10.1. The lowest BCUT2D eigenvalue weighted by atomic mass is 10.2. The van der Waals surface area contributed by atoms with Crippen LogP contribution in [-0.2, 0) is 19.6 Å². The molecule has 0 fully saturated rings. The molecular weight excluding hydrogens is 498 g/mol. The summed E-state index contributed by atoms with van der Waals surface area (Å²) in [7, 11) is -4.27. The SMILES string of the molecule is CC(=O)NC[C@H]1CN(S(=O)(=O)c2ccc(F)cc2)c2cc(NC(=O)OC(C)C(F)(F)F)ccc2O1. The lowest BCUT2D eigenvalue weighted by Crippen LogP contribution is -2.48. The second-order valence-electron chi connectivity index (χ2n) is 7.56. The molecule has 2 aromatic rings. The molecule has 0 aliphatic carbocycles. The van der Waals surface area contributed by atoms with Gasteiger partial charge in [0.25, 0.3) is 10.0 Å². The van der Waals surface area contributed by atoms with Gasteiger partial charge < -0.3 is 14.8 Å². The van der Waals surface area contributed by atoms with Gasteiger partial charge in [0.05, 0.1) is 23.7 Å². The minimum Gasteiger partial charge on any atom is -0.484 e. The molecule has 14 heteroatoms. The first kappa shape index (κ1) is 26.1. The zero-order chi connectivity index (χ0) is 26.0. The monoisotopic (exact) mass is 519 g/mol. The van der Waals surface area contributed by atoms with Gasteiger partial charge in [0.15, 0.2) is 6.10 Å². The fraction of sp³-hybridized carbons (Fsp3) is 0.333. The maximum Gasteiger partial charge on any atom is 0.425 e. The van der Waals surface area contributed by atoms with Gasteiger partial charge in [-0.15, -0.1) is 0 Å². The van der Waals surface area contributed by atoms with E-state index in [0.717, 1.165) is 28.6 Å². The van der Waals surface area contributed by atoms with Crippen LogP contribution in [0.15, 0.2) is 47.4 Å². The van der Waals surface area contributed by atoms with Crippen molar-refractivity contribution in [1.29, 1.82) is 0 Å². The predicted molar refractivity (Wildman–Crippen MR) is 116 cm³/mol. The van der Waals surface area contributed by atoms with Crippen molar-refractivity contribution in [2.75, 3.05) is 22.7 Å². The van der Waals surface area contributed by atoms with Gasteiger partial charge in [0.1, 0.15) is 17.7 Å². The summed E-state index contributed by atoms with van der Waals surface area (Å²) in [6.07, 6.45) is -9.32. The van der Waals surface area contributed by atoms with Crippen LogP contribution >= 0.6 is 0 Å². The maximum absolute atomic E-state index is 13.4. The Morgan fingerprint density at radius 3 is 2.46 bits per heavy atom. The van der Waals surface area contributed by atoms with Crippen LogP contribution in [0.3, 0.4) is 0 Å². The van der Waals surface area contributed by atoms with Crippen molar-refractivity contribution in [2.24, 2.45) is 0 Å². The number of nitrogens with one attached hydrogen (secondary N) is 2. The summed E-state index contributed by atoms with van der Waals surface area (Å²) in [6.45, 7) is 1.66. The van der Waals surface area contributed by atoms with Crippen LogP contribution in [0.1, 0.15) is 13.8 Å². The number of nitrogens with zero attached hydrogens (tertiary/aromatic N) is 1. The summed E-state index contributed by atoms with van der Waals surface area (Å²) < 4.78 is 89.0. The van der Waals surface area contributed by atoms with Gasteiger partial charge in [-0.05, 0) is 49.4 Å². The molecule has 0 saturated carbocycles. The molecule has 0 bridgehead atoms. The molecule has 9 nitrogen and oxygen atoms in total. The van der Waals surface area contributed by atoms with Crippen molar-refractivity contribution in [3.8, 4) is 5.75 Å². The van der Waals surface area contributed by atoms with E-state index in [1.807, 2.05) is 0 Å². The second kappa shape index (κ2) is 9.98. The minimum atomic E-state index is -4.76. The standard InChI is InChI=1S/C21H21F4N3O6S/c1-12(21(23,24)25)33-20(30)27-15-5-8-19-18(9-15)28(11-16(34-19)10-26-13(2)29)35(31,32)17-6-3-14(22)4-7-17/h3-9,12,16H,10-11H2,1-2H3,(H,26,29)(H,27,30)/t12?,16-/m0/s1. The number of fused-ring (bicyclic) bond motifs is 1. The lowest BCUT2D eigenvalue weighted by molar-refractivity contribution is -0.196. The molecule has 1 aliphatic rings. The minimum absolute atomic E-state index is 0.0220. The summed E-state index contributed by atoms with van der Waals surface area (Å²) in [4.78, 5) is 23.0. The van der Waals surface area contributed by atoms with Crippen LogP contribution in [0.5, 0.6) is 5.75 Å². The summed E-state index contributed by atoms with van der Waals surface area (Å²) in [6, 6.07) is 7.86. The predicted octanol–water partition coefficient (Wildman–Crippen LogP) is 3.42. The van der Waals surface area contributed by atoms with E-state index in [9.17, 15) is 35.6 Å². The van der Waals surface area contributed by atoms with Crippen LogP contribution in [0, 0.1) is 5.82 Å². The highest BCUT2D eigenvalue weighted by Gasteiger charge is 2.39. The van der Waals surface area contributed by atoms with Crippen LogP contribution < -0.4 is 19.7 Å². The molecule has 0 spiro atoms. The molecule has 0 saturated heterocycles. The van der Waals surface area contributed by atoms with Crippen molar-refractivity contribution in [3.05, 3.63) is 48.3 Å². The number of ether oxygens (including phenoxy) is 2. The largest absolute Gasteiger partial charge is 0.484 e. The summed E-state index contributed by atoms with van der Waals surface area (Å²) in [5.41, 5.74) is -0.0959. The van der Waals surface area contributed by atoms with Gasteiger partial charge in [-0.2, -0.15) is 13.2 Å². The molecule has 1 aliphatic heterocycles. The number of hydrogen-bond donors (Lipinski definition) is 2. The lowest BCUT2D eigenvalue weighted by Gasteiger charge is -2.35. The van der Waals surface area contributed by atoms with E-state index in [2.05, 4.69) is 15.4 Å². The Morgan fingerprint density at radius 1 is 1.20 bits per heavy atom. The fourth-order valence-corrected chi connectivity index (χ4v) is 4.59. The maximum atomic E-state index is 13.4. The van der Waals surface area contributed by atoms with Gasteiger partial charge >= 0.3 is 12.3 Å². The normalized spacial score (nSPS) is 16.5. The molecule has 2 amide bonds. The highest BCUT2D eigenvalue weighted by atomic mass is 32.2. The number of anilines is 2. The Kier molecular flexibility index (Phi) is 7.43. The summed E-state index contributed by atoms with van der Waals surface area (Å²) in [5, 5.41) is 4.65. The third-order valence-corrected chi connectivity index (χ3v) is 6.66. The third kappa shape index (κ3) is 6.32. The van der Waals surface area contributed by atoms with Gasteiger partial charge in [-0.25, -0.2) is 17.6 Å². The van der Waals surface area contributed by atoms with E-state index < -0.39 is 40.3 Å². The highest BCUT2D eigenvalue weighted by molar-refractivity contribution is 7.92. The number of carbonyl (C=O) groups excluding carboxylic acids is 2. The molecule has 35 heavy (non-hydrogen) atoms. The first-order chi connectivity index (χ1) is 16.3. The summed E-state index contributed by atoms with van der Waals surface area (Å²) >= 11 is 0. The Morgan fingerprint density at radius 2 is 1.86 bits per heavy atom. The van der Waals surface area contributed by atoms with Gasteiger partial charge in [0, 0.05) is 12.6 Å². The number of carbonyl (C=O) groups is 2. The average Bonchev–Trinajstić information content (AvgIpc) is 2.76. The Bertz CT molecular complexity index is 1200. The number of rotatable bonds is 6. The fourth-order valence-electron chi connectivity index (χ4n) is 3.09. The molecule has 1 heterocycles. The van der Waals surface area contributed by atoms with Crippen LogP contribution in [0.2, 0.25) is 0 Å². The third-order valence-electron chi connectivity index (χ3n) is 4.86. The number of sulfonamides is 1. The number of hydrogen-bond acceptors (Lipinski definition) is 6. The topological polar surface area (TPSA) is 114 Å². The Hall–Kier alpha value is -3.55. The van der Waals surface area contributed by atoms with Gasteiger partial charge in [-0.1, -0.05) is 0 Å². The highest BCUT2D eigenvalue weighted by Crippen LogP contribution is 2.39. The van der Waals surface area contributed by atoms with E-state index in [4.69, 9.17) is 4.74 Å². The van der Waals surface area contributed by atoms with Crippen molar-refractivity contribution < 1.29 is 45.0 Å². The first-order valence-corrected chi connectivity index (χ1v) is 11.6. The number of alkyl halides is 3. The number of halogens is 4. The van der Waals surface area contributed by atoms with E-state index in [1.165, 1.54) is 25.1 Å². The van der Waals surface area contributed by atoms with Gasteiger partial charge in [-0.3, -0.25) is 14.4 Å². The smallest absolute Gasteiger partial charge is 0.425 e. The number of benzene rings is 2. The quantitative estimate of drug-likeness (QED) is 0.566. The molecule has 2 N–H and O–H groups in total. The molecule has 2 aromatic carbocycles. The molecule has 0 radical (unpaired) electrons. The van der Waals surface area contributed by atoms with Crippen LogP contribution in [0.25, 0.3) is 0 Å². The van der Waals surface area contributed by atoms with Crippen LogP contribution in [-0.4, -0.2) is 51.9 Å². The second-order valence-corrected chi connectivity index (χ2v) is 9.43.